The molecule has 0 amide bonds. The van der Waals surface area contributed by atoms with Crippen molar-refractivity contribution in [1.82, 2.24) is 15.0 Å². The van der Waals surface area contributed by atoms with E-state index >= 15 is 0 Å². The maximum absolute atomic E-state index is 11.4. The van der Waals surface area contributed by atoms with Crippen LogP contribution in [0.15, 0.2) is 4.52 Å². The van der Waals surface area contributed by atoms with Crippen molar-refractivity contribution in [2.24, 2.45) is 5.92 Å². The molecule has 1 saturated heterocycles. The third-order valence-corrected chi connectivity index (χ3v) is 3.30. The van der Waals surface area contributed by atoms with E-state index in [0.29, 0.717) is 24.8 Å². The zero-order chi connectivity index (χ0) is 14.0. The van der Waals surface area contributed by atoms with Crippen LogP contribution in [-0.2, 0) is 21.5 Å². The highest BCUT2D eigenvalue weighted by molar-refractivity contribution is 5.72. The summed E-state index contributed by atoms with van der Waals surface area (Å²) >= 11 is 0. The molecule has 0 radical (unpaired) electrons. The number of hydrogen-bond acceptors (Lipinski definition) is 6. The normalized spacial score (nSPS) is 20.7. The first-order chi connectivity index (χ1) is 8.90. The van der Waals surface area contributed by atoms with E-state index < -0.39 is 0 Å². The standard InChI is InChI=1S/C13H21N3O3/c1-13(2,3)12-14-10(19-15-12)8-16-6-5-9(7-16)11(17)18-4/h9H,5-8H2,1-4H3. The second-order valence-corrected chi connectivity index (χ2v) is 6.01. The summed E-state index contributed by atoms with van der Waals surface area (Å²) in [7, 11) is 1.43. The molecular weight excluding hydrogens is 246 g/mol. The number of carbonyl (C=O) groups excluding carboxylic acids is 1. The molecule has 1 aromatic heterocycles. The number of methoxy groups -OCH3 is 1. The van der Waals surface area contributed by atoms with Gasteiger partial charge in [0.25, 0.3) is 0 Å². The molecular formula is C13H21N3O3. The highest BCUT2D eigenvalue weighted by atomic mass is 16.5. The van der Waals surface area contributed by atoms with E-state index in [9.17, 15) is 4.79 Å². The maximum Gasteiger partial charge on any atom is 0.310 e. The predicted octanol–water partition coefficient (Wildman–Crippen LogP) is 1.36. The summed E-state index contributed by atoms with van der Waals surface area (Å²) in [6.07, 6.45) is 0.826. The van der Waals surface area contributed by atoms with E-state index in [4.69, 9.17) is 9.26 Å². The van der Waals surface area contributed by atoms with E-state index in [2.05, 4.69) is 15.0 Å². The minimum atomic E-state index is -0.136. The van der Waals surface area contributed by atoms with Gasteiger partial charge in [-0.1, -0.05) is 25.9 Å². The minimum absolute atomic E-state index is 0.0324. The summed E-state index contributed by atoms with van der Waals surface area (Å²) in [5, 5.41) is 4.00. The van der Waals surface area contributed by atoms with Crippen molar-refractivity contribution in [2.45, 2.75) is 39.2 Å². The van der Waals surface area contributed by atoms with E-state index in [0.717, 1.165) is 13.0 Å². The predicted molar refractivity (Wildman–Crippen MR) is 68.4 cm³/mol. The number of carbonyl (C=O) groups is 1. The smallest absolute Gasteiger partial charge is 0.310 e. The summed E-state index contributed by atoms with van der Waals surface area (Å²) in [5.41, 5.74) is -0.110. The molecule has 1 atom stereocenters. The van der Waals surface area contributed by atoms with Crippen LogP contribution in [0.1, 0.15) is 38.9 Å². The maximum atomic E-state index is 11.4. The van der Waals surface area contributed by atoms with Crippen LogP contribution < -0.4 is 0 Å². The molecule has 6 heteroatoms. The van der Waals surface area contributed by atoms with Gasteiger partial charge in [0.15, 0.2) is 5.82 Å². The Labute approximate surface area is 113 Å². The fraction of sp³-hybridized carbons (Fsp3) is 0.769. The lowest BCUT2D eigenvalue weighted by Gasteiger charge is -2.13. The van der Waals surface area contributed by atoms with E-state index in [1.807, 2.05) is 20.8 Å². The van der Waals surface area contributed by atoms with Gasteiger partial charge in [-0.15, -0.1) is 0 Å². The Kier molecular flexibility index (Phi) is 3.89. The molecule has 1 fully saturated rings. The van der Waals surface area contributed by atoms with Gasteiger partial charge in [-0.05, 0) is 13.0 Å². The molecule has 0 N–H and O–H groups in total. The van der Waals surface area contributed by atoms with Crippen LogP contribution in [0, 0.1) is 5.92 Å². The van der Waals surface area contributed by atoms with Crippen molar-refractivity contribution >= 4 is 5.97 Å². The topological polar surface area (TPSA) is 68.5 Å². The van der Waals surface area contributed by atoms with Crippen LogP contribution in [0.2, 0.25) is 0 Å². The number of aromatic nitrogens is 2. The highest BCUT2D eigenvalue weighted by Gasteiger charge is 2.30. The van der Waals surface area contributed by atoms with Gasteiger partial charge in [-0.2, -0.15) is 4.98 Å². The molecule has 2 heterocycles. The Morgan fingerprint density at radius 1 is 1.53 bits per heavy atom. The largest absolute Gasteiger partial charge is 0.469 e. The number of esters is 1. The highest BCUT2D eigenvalue weighted by Crippen LogP contribution is 2.21. The summed E-state index contributed by atoms with van der Waals surface area (Å²) in [4.78, 5) is 18.0. The zero-order valence-electron chi connectivity index (χ0n) is 12.0. The Morgan fingerprint density at radius 2 is 2.26 bits per heavy atom. The molecule has 1 aliphatic rings. The summed E-state index contributed by atoms with van der Waals surface area (Å²) in [5.74, 6) is 1.15. The van der Waals surface area contributed by atoms with Crippen molar-refractivity contribution in [1.29, 1.82) is 0 Å². The first-order valence-electron chi connectivity index (χ1n) is 6.53. The number of likely N-dealkylation sites (tertiary alicyclic amines) is 1. The van der Waals surface area contributed by atoms with Gasteiger partial charge in [0.2, 0.25) is 5.89 Å². The summed E-state index contributed by atoms with van der Waals surface area (Å²) in [6, 6.07) is 0. The lowest BCUT2D eigenvalue weighted by Crippen LogP contribution is -2.24. The lowest BCUT2D eigenvalue weighted by molar-refractivity contribution is -0.144. The second-order valence-electron chi connectivity index (χ2n) is 6.01. The molecule has 106 valence electrons. The molecule has 1 unspecified atom stereocenters. The van der Waals surface area contributed by atoms with Gasteiger partial charge in [0, 0.05) is 12.0 Å². The Hall–Kier alpha value is -1.43. The van der Waals surface area contributed by atoms with Gasteiger partial charge >= 0.3 is 5.97 Å². The SMILES string of the molecule is COC(=O)C1CCN(Cc2nc(C(C)(C)C)no2)C1. The van der Waals surface area contributed by atoms with Crippen molar-refractivity contribution in [2.75, 3.05) is 20.2 Å². The van der Waals surface area contributed by atoms with E-state index in [1.54, 1.807) is 0 Å². The second kappa shape index (κ2) is 5.28. The van der Waals surface area contributed by atoms with Gasteiger partial charge in [-0.25, -0.2) is 0 Å². The van der Waals surface area contributed by atoms with Crippen molar-refractivity contribution < 1.29 is 14.1 Å². The summed E-state index contributed by atoms with van der Waals surface area (Å²) < 4.78 is 10.0. The van der Waals surface area contributed by atoms with Crippen molar-refractivity contribution in [3.05, 3.63) is 11.7 Å². The average molecular weight is 267 g/mol. The zero-order valence-corrected chi connectivity index (χ0v) is 12.0. The fourth-order valence-electron chi connectivity index (χ4n) is 2.15. The first-order valence-corrected chi connectivity index (χ1v) is 6.53. The van der Waals surface area contributed by atoms with Crippen LogP contribution in [0.3, 0.4) is 0 Å². The van der Waals surface area contributed by atoms with Crippen LogP contribution in [0.5, 0.6) is 0 Å². The third-order valence-electron chi connectivity index (χ3n) is 3.30. The monoisotopic (exact) mass is 267 g/mol. The molecule has 0 bridgehead atoms. The lowest BCUT2D eigenvalue weighted by atomic mass is 9.96. The molecule has 0 spiro atoms. The number of ether oxygens (including phenoxy) is 1. The van der Waals surface area contributed by atoms with Crippen LogP contribution in [0.4, 0.5) is 0 Å². The molecule has 0 aromatic carbocycles. The first kappa shape index (κ1) is 14.0. The van der Waals surface area contributed by atoms with Gasteiger partial charge < -0.3 is 9.26 Å². The number of rotatable bonds is 3. The van der Waals surface area contributed by atoms with Crippen molar-refractivity contribution in [3.8, 4) is 0 Å². The molecule has 0 saturated carbocycles. The van der Waals surface area contributed by atoms with E-state index in [-0.39, 0.29) is 17.3 Å². The molecule has 19 heavy (non-hydrogen) atoms. The number of nitrogens with zero attached hydrogens (tertiary/aromatic N) is 3. The quantitative estimate of drug-likeness (QED) is 0.770. The average Bonchev–Trinajstić information content (AvgIpc) is 2.97. The minimum Gasteiger partial charge on any atom is -0.469 e. The Balaban J connectivity index is 1.92. The molecule has 2 rings (SSSR count). The van der Waals surface area contributed by atoms with Gasteiger partial charge in [0.05, 0.1) is 19.6 Å². The Morgan fingerprint density at radius 3 is 2.84 bits per heavy atom. The fourth-order valence-corrected chi connectivity index (χ4v) is 2.15. The van der Waals surface area contributed by atoms with Crippen molar-refractivity contribution in [3.63, 3.8) is 0 Å². The van der Waals surface area contributed by atoms with Gasteiger partial charge in [-0.3, -0.25) is 9.69 Å². The third kappa shape index (κ3) is 3.32. The molecule has 1 aliphatic heterocycles. The Bertz CT molecular complexity index is 450. The molecule has 0 aliphatic carbocycles. The summed E-state index contributed by atoms with van der Waals surface area (Å²) in [6.45, 7) is 8.28. The van der Waals surface area contributed by atoms with Crippen LogP contribution in [-0.4, -0.2) is 41.2 Å². The molecule has 6 nitrogen and oxygen atoms in total. The van der Waals surface area contributed by atoms with Gasteiger partial charge in [0.1, 0.15) is 0 Å². The van der Waals surface area contributed by atoms with E-state index in [1.165, 1.54) is 7.11 Å². The van der Waals surface area contributed by atoms with Crippen LogP contribution >= 0.6 is 0 Å². The number of hydrogen-bond donors (Lipinski definition) is 0. The van der Waals surface area contributed by atoms with Crippen LogP contribution in [0.25, 0.3) is 0 Å². The molecule has 1 aromatic rings.